The molecule has 0 fully saturated rings. The lowest BCUT2D eigenvalue weighted by Crippen LogP contribution is -2.43. The highest BCUT2D eigenvalue weighted by atomic mass is 35.5. The van der Waals surface area contributed by atoms with E-state index in [2.05, 4.69) is 66.7 Å². The molecule has 0 amide bonds. The molecule has 1 atom stereocenters. The first-order valence-corrected chi connectivity index (χ1v) is 12.2. The van der Waals surface area contributed by atoms with E-state index in [1.54, 1.807) is 0 Å². The van der Waals surface area contributed by atoms with Crippen LogP contribution in [0, 0.1) is 6.92 Å². The van der Waals surface area contributed by atoms with Crippen molar-refractivity contribution in [3.05, 3.63) is 62.6 Å². The fourth-order valence-corrected chi connectivity index (χ4v) is 4.16. The molecule has 0 saturated carbocycles. The Hall–Kier alpha value is -1.22. The Morgan fingerprint density at radius 2 is 1.39 bits per heavy atom. The van der Waals surface area contributed by atoms with Crippen LogP contribution in [-0.4, -0.2) is 0 Å². The van der Waals surface area contributed by atoms with Crippen molar-refractivity contribution in [2.24, 2.45) is 5.73 Å². The second-order valence-corrected chi connectivity index (χ2v) is 10.8. The number of ether oxygens (including phenoxy) is 1. The first kappa shape index (κ1) is 26.0. The lowest BCUT2D eigenvalue weighted by Gasteiger charge is -2.36. The Labute approximate surface area is 199 Å². The second kappa shape index (κ2) is 9.73. The molecule has 0 aliphatic carbocycles. The molecular formula is C27H39Cl2NO. The van der Waals surface area contributed by atoms with E-state index < -0.39 is 5.72 Å². The number of halogens is 2. The summed E-state index contributed by atoms with van der Waals surface area (Å²) in [5, 5.41) is 1.21. The molecule has 2 N–H and O–H groups in total. The summed E-state index contributed by atoms with van der Waals surface area (Å²) in [6, 6.07) is 10.3. The summed E-state index contributed by atoms with van der Waals surface area (Å²) in [7, 11) is 0. The number of hydrogen-bond donors (Lipinski definition) is 1. The van der Waals surface area contributed by atoms with Gasteiger partial charge in [0.25, 0.3) is 0 Å². The van der Waals surface area contributed by atoms with Crippen molar-refractivity contribution in [3.63, 3.8) is 0 Å². The molecule has 0 bridgehead atoms. The normalized spacial score (nSPS) is 14.4. The molecule has 0 aliphatic heterocycles. The van der Waals surface area contributed by atoms with Gasteiger partial charge >= 0.3 is 0 Å². The molecule has 31 heavy (non-hydrogen) atoms. The van der Waals surface area contributed by atoms with E-state index >= 15 is 0 Å². The van der Waals surface area contributed by atoms with Crippen molar-refractivity contribution in [3.8, 4) is 5.75 Å². The Morgan fingerprint density at radius 1 is 0.839 bits per heavy atom. The van der Waals surface area contributed by atoms with Crippen LogP contribution in [0.15, 0.2) is 30.3 Å². The van der Waals surface area contributed by atoms with E-state index in [1.807, 2.05) is 19.1 Å². The van der Waals surface area contributed by atoms with Gasteiger partial charge < -0.3 is 4.74 Å². The standard InChI is InChI=1S/C27H39Cl2NO/c1-9-14-27(30,20-16-22(28)18(4)23(29)17-20)31-24-13-12-19(25(5,6)10-2)15-21(24)26(7,8)11-3/h12-13,15-17H,9-11,14,30H2,1-8H3. The molecule has 172 valence electrons. The smallest absolute Gasteiger partial charge is 0.184 e. The second-order valence-electron chi connectivity index (χ2n) is 9.99. The fourth-order valence-electron chi connectivity index (χ4n) is 3.67. The molecule has 2 aromatic carbocycles. The van der Waals surface area contributed by atoms with Gasteiger partial charge in [0.2, 0.25) is 0 Å². The van der Waals surface area contributed by atoms with Crippen LogP contribution in [0.4, 0.5) is 0 Å². The average Bonchev–Trinajstić information content (AvgIpc) is 2.71. The zero-order chi connectivity index (χ0) is 23.6. The molecule has 0 heterocycles. The minimum absolute atomic E-state index is 0.0507. The van der Waals surface area contributed by atoms with E-state index in [1.165, 1.54) is 11.1 Å². The quantitative estimate of drug-likeness (QED) is 0.377. The van der Waals surface area contributed by atoms with Crippen molar-refractivity contribution in [2.75, 3.05) is 0 Å². The summed E-state index contributed by atoms with van der Waals surface area (Å²) in [5.41, 5.74) is 10.1. The summed E-state index contributed by atoms with van der Waals surface area (Å²) in [4.78, 5) is 0. The number of nitrogens with two attached hydrogens (primary N) is 1. The first-order chi connectivity index (χ1) is 14.3. The summed E-state index contributed by atoms with van der Waals surface area (Å²) >= 11 is 12.9. The topological polar surface area (TPSA) is 35.2 Å². The van der Waals surface area contributed by atoms with Crippen LogP contribution >= 0.6 is 23.2 Å². The average molecular weight is 465 g/mol. The molecule has 2 nitrogen and oxygen atoms in total. The molecule has 0 aliphatic rings. The maximum Gasteiger partial charge on any atom is 0.184 e. The van der Waals surface area contributed by atoms with Crippen molar-refractivity contribution in [1.29, 1.82) is 0 Å². The lowest BCUT2D eigenvalue weighted by atomic mass is 9.76. The zero-order valence-corrected chi connectivity index (χ0v) is 22.0. The van der Waals surface area contributed by atoms with Crippen LogP contribution in [0.1, 0.15) is 96.4 Å². The molecule has 0 radical (unpaired) electrons. The SMILES string of the molecule is CCCC(N)(Oc1ccc(C(C)(C)CC)cc1C(C)(C)CC)c1cc(Cl)c(C)c(Cl)c1. The van der Waals surface area contributed by atoms with Crippen LogP contribution in [-0.2, 0) is 16.6 Å². The van der Waals surface area contributed by atoms with E-state index in [0.29, 0.717) is 16.5 Å². The van der Waals surface area contributed by atoms with Crippen molar-refractivity contribution in [1.82, 2.24) is 0 Å². The van der Waals surface area contributed by atoms with Crippen molar-refractivity contribution >= 4 is 23.2 Å². The third-order valence-corrected chi connectivity index (χ3v) is 7.73. The van der Waals surface area contributed by atoms with Gasteiger partial charge in [0, 0.05) is 27.6 Å². The van der Waals surface area contributed by atoms with Crippen LogP contribution < -0.4 is 10.5 Å². The van der Waals surface area contributed by atoms with Gasteiger partial charge in [-0.25, -0.2) is 0 Å². The summed E-state index contributed by atoms with van der Waals surface area (Å²) in [6.45, 7) is 17.5. The highest BCUT2D eigenvalue weighted by Crippen LogP contribution is 2.41. The molecule has 4 heteroatoms. The van der Waals surface area contributed by atoms with E-state index in [-0.39, 0.29) is 10.8 Å². The lowest BCUT2D eigenvalue weighted by molar-refractivity contribution is 0.0600. The Bertz CT molecular complexity index is 896. The van der Waals surface area contributed by atoms with Crippen LogP contribution in [0.25, 0.3) is 0 Å². The van der Waals surface area contributed by atoms with Crippen molar-refractivity contribution in [2.45, 2.75) is 97.6 Å². The van der Waals surface area contributed by atoms with E-state index in [9.17, 15) is 0 Å². The molecular weight excluding hydrogens is 425 g/mol. The fraction of sp³-hybridized carbons (Fsp3) is 0.556. The minimum Gasteiger partial charge on any atom is -0.469 e. The molecule has 0 saturated heterocycles. The molecule has 1 unspecified atom stereocenters. The van der Waals surface area contributed by atoms with Crippen LogP contribution in [0.5, 0.6) is 5.75 Å². The largest absolute Gasteiger partial charge is 0.469 e. The van der Waals surface area contributed by atoms with Gasteiger partial charge in [-0.1, -0.05) is 90.2 Å². The molecule has 2 rings (SSSR count). The number of rotatable bonds is 9. The van der Waals surface area contributed by atoms with Gasteiger partial charge in [-0.2, -0.15) is 0 Å². The van der Waals surface area contributed by atoms with Crippen LogP contribution in [0.3, 0.4) is 0 Å². The van der Waals surface area contributed by atoms with Gasteiger partial charge in [-0.3, -0.25) is 5.73 Å². The summed E-state index contributed by atoms with van der Waals surface area (Å²) in [6.07, 6.45) is 3.58. The zero-order valence-electron chi connectivity index (χ0n) is 20.5. The third-order valence-electron chi connectivity index (χ3n) is 6.94. The maximum atomic E-state index is 6.91. The Kier molecular flexibility index (Phi) is 8.17. The van der Waals surface area contributed by atoms with Gasteiger partial charge in [0.1, 0.15) is 5.75 Å². The van der Waals surface area contributed by atoms with Gasteiger partial charge in [0.05, 0.1) is 0 Å². The third kappa shape index (κ3) is 5.59. The number of hydrogen-bond acceptors (Lipinski definition) is 2. The minimum atomic E-state index is -1.02. The van der Waals surface area contributed by atoms with Crippen LogP contribution in [0.2, 0.25) is 10.0 Å². The molecule has 2 aromatic rings. The molecule has 0 spiro atoms. The van der Waals surface area contributed by atoms with Crippen molar-refractivity contribution < 1.29 is 4.74 Å². The van der Waals surface area contributed by atoms with Gasteiger partial charge in [-0.15, -0.1) is 0 Å². The monoisotopic (exact) mass is 463 g/mol. The van der Waals surface area contributed by atoms with E-state index in [0.717, 1.165) is 36.1 Å². The first-order valence-electron chi connectivity index (χ1n) is 11.4. The number of benzene rings is 2. The predicted octanol–water partition coefficient (Wildman–Crippen LogP) is 8.67. The van der Waals surface area contributed by atoms with Gasteiger partial charge in [0.15, 0.2) is 5.72 Å². The predicted molar refractivity (Wildman–Crippen MR) is 136 cm³/mol. The van der Waals surface area contributed by atoms with Gasteiger partial charge in [-0.05, 0) is 59.9 Å². The molecule has 0 aromatic heterocycles. The Balaban J connectivity index is 2.64. The highest BCUT2D eigenvalue weighted by molar-refractivity contribution is 6.36. The maximum absolute atomic E-state index is 6.91. The Morgan fingerprint density at radius 3 is 1.87 bits per heavy atom. The van der Waals surface area contributed by atoms with E-state index in [4.69, 9.17) is 33.7 Å². The summed E-state index contributed by atoms with van der Waals surface area (Å²) in [5.74, 6) is 0.825. The highest BCUT2D eigenvalue weighted by Gasteiger charge is 2.34. The summed E-state index contributed by atoms with van der Waals surface area (Å²) < 4.78 is 6.66.